The van der Waals surface area contributed by atoms with Crippen LogP contribution in [-0.4, -0.2) is 64.9 Å². The van der Waals surface area contributed by atoms with Crippen LogP contribution in [0.4, 0.5) is 0 Å². The number of ether oxygens (including phenoxy) is 4. The zero-order valence-electron chi connectivity index (χ0n) is 23.7. The Morgan fingerprint density at radius 3 is 2.41 bits per heavy atom. The highest BCUT2D eigenvalue weighted by Gasteiger charge is 2.40. The number of halogens is 2. The second kappa shape index (κ2) is 16.8. The molecule has 0 saturated carbocycles. The number of esters is 2. The van der Waals surface area contributed by atoms with E-state index < -0.39 is 17.9 Å². The molecule has 0 aliphatic carbocycles. The highest BCUT2D eigenvalue weighted by atomic mass is 35.5. The van der Waals surface area contributed by atoms with Gasteiger partial charge in [0, 0.05) is 23.7 Å². The lowest BCUT2D eigenvalue weighted by atomic mass is 9.80. The van der Waals surface area contributed by atoms with Crippen LogP contribution in [0.3, 0.4) is 0 Å². The van der Waals surface area contributed by atoms with Gasteiger partial charge in [0.15, 0.2) is 0 Å². The van der Waals surface area contributed by atoms with Crippen LogP contribution in [0.15, 0.2) is 69.9 Å². The molecule has 0 saturated heterocycles. The standard InChI is InChI=1S/C30H36Cl2N2O6S/c1-5-40-30(36)27-24(18-39-16-15-38-14-13-33-17-20-9-11-21(41-4)12-10-20)34-19(2)25(29(35)37-3)26(27)22-7-6-8-23(31)28(22)32/h6-12,26,33-34H,5,13-18H2,1-4H3. The van der Waals surface area contributed by atoms with E-state index in [1.807, 2.05) is 0 Å². The third-order valence-corrected chi connectivity index (χ3v) is 7.94. The molecule has 0 amide bonds. The smallest absolute Gasteiger partial charge is 0.336 e. The molecule has 1 atom stereocenters. The van der Waals surface area contributed by atoms with E-state index in [4.69, 9.17) is 42.1 Å². The minimum absolute atomic E-state index is 0.0578. The molecule has 2 N–H and O–H groups in total. The van der Waals surface area contributed by atoms with Crippen LogP contribution in [0.25, 0.3) is 0 Å². The molecule has 1 unspecified atom stereocenters. The highest BCUT2D eigenvalue weighted by molar-refractivity contribution is 7.98. The highest BCUT2D eigenvalue weighted by Crippen LogP contribution is 2.43. The first-order valence-electron chi connectivity index (χ1n) is 13.2. The van der Waals surface area contributed by atoms with Gasteiger partial charge in [-0.25, -0.2) is 9.59 Å². The lowest BCUT2D eigenvalue weighted by Gasteiger charge is -2.31. The summed E-state index contributed by atoms with van der Waals surface area (Å²) in [5.41, 5.74) is 3.11. The lowest BCUT2D eigenvalue weighted by Crippen LogP contribution is -2.35. The van der Waals surface area contributed by atoms with Crippen LogP contribution in [0.5, 0.6) is 0 Å². The van der Waals surface area contributed by atoms with Crippen LogP contribution >= 0.6 is 35.0 Å². The molecular formula is C30H36Cl2N2O6S. The van der Waals surface area contributed by atoms with Crippen molar-refractivity contribution in [3.63, 3.8) is 0 Å². The van der Waals surface area contributed by atoms with E-state index in [0.717, 1.165) is 6.54 Å². The quantitative estimate of drug-likeness (QED) is 0.152. The van der Waals surface area contributed by atoms with E-state index in [2.05, 4.69) is 41.2 Å². The van der Waals surface area contributed by atoms with Crippen molar-refractivity contribution in [2.24, 2.45) is 0 Å². The number of allylic oxidation sites excluding steroid dienone is 1. The van der Waals surface area contributed by atoms with E-state index in [0.29, 0.717) is 48.3 Å². The number of benzene rings is 2. The Morgan fingerprint density at radius 2 is 1.73 bits per heavy atom. The Kier molecular flexibility index (Phi) is 13.5. The van der Waals surface area contributed by atoms with Gasteiger partial charge in [0.05, 0.1) is 73.0 Å². The predicted octanol–water partition coefficient (Wildman–Crippen LogP) is 5.49. The molecule has 1 aliphatic rings. The van der Waals surface area contributed by atoms with Crippen molar-refractivity contribution in [1.82, 2.24) is 10.6 Å². The van der Waals surface area contributed by atoms with Crippen molar-refractivity contribution in [3.05, 3.63) is 86.2 Å². The summed E-state index contributed by atoms with van der Waals surface area (Å²) in [4.78, 5) is 27.4. The molecule has 11 heteroatoms. The molecule has 41 heavy (non-hydrogen) atoms. The van der Waals surface area contributed by atoms with Crippen molar-refractivity contribution in [3.8, 4) is 0 Å². The second-order valence-corrected chi connectivity index (χ2v) is 10.7. The Hall–Kier alpha value is -2.53. The molecule has 2 aromatic carbocycles. The van der Waals surface area contributed by atoms with Crippen molar-refractivity contribution in [1.29, 1.82) is 0 Å². The van der Waals surface area contributed by atoms with Gasteiger partial charge in [0.25, 0.3) is 0 Å². The average Bonchev–Trinajstić information content (AvgIpc) is 2.97. The fourth-order valence-electron chi connectivity index (χ4n) is 4.41. The van der Waals surface area contributed by atoms with Gasteiger partial charge in [0.1, 0.15) is 0 Å². The summed E-state index contributed by atoms with van der Waals surface area (Å²) >= 11 is 14.6. The van der Waals surface area contributed by atoms with E-state index in [9.17, 15) is 9.59 Å². The number of carbonyl (C=O) groups is 2. The summed E-state index contributed by atoms with van der Waals surface area (Å²) in [6.07, 6.45) is 2.06. The first-order valence-corrected chi connectivity index (χ1v) is 15.2. The zero-order chi connectivity index (χ0) is 29.8. The van der Waals surface area contributed by atoms with Crippen LogP contribution in [0, 0.1) is 0 Å². The Balaban J connectivity index is 1.64. The van der Waals surface area contributed by atoms with Crippen molar-refractivity contribution in [2.45, 2.75) is 31.2 Å². The third-order valence-electron chi connectivity index (χ3n) is 6.37. The minimum atomic E-state index is -0.869. The van der Waals surface area contributed by atoms with Crippen molar-refractivity contribution >= 4 is 46.9 Å². The van der Waals surface area contributed by atoms with Gasteiger partial charge >= 0.3 is 11.9 Å². The molecule has 222 valence electrons. The number of nitrogens with one attached hydrogen (secondary N) is 2. The first-order chi connectivity index (χ1) is 19.8. The molecule has 3 rings (SSSR count). The molecule has 2 aromatic rings. The number of thioether (sulfide) groups is 1. The fraction of sp³-hybridized carbons (Fsp3) is 0.400. The summed E-state index contributed by atoms with van der Waals surface area (Å²) in [7, 11) is 1.28. The zero-order valence-corrected chi connectivity index (χ0v) is 26.0. The molecular weight excluding hydrogens is 587 g/mol. The van der Waals surface area contributed by atoms with Crippen molar-refractivity contribution < 1.29 is 28.5 Å². The summed E-state index contributed by atoms with van der Waals surface area (Å²) in [5, 5.41) is 7.04. The van der Waals surface area contributed by atoms with Gasteiger partial charge in [-0.05, 0) is 49.4 Å². The number of dihydropyridines is 1. The van der Waals surface area contributed by atoms with Gasteiger partial charge in [0.2, 0.25) is 0 Å². The largest absolute Gasteiger partial charge is 0.466 e. The fourth-order valence-corrected chi connectivity index (χ4v) is 5.23. The normalized spacial score (nSPS) is 15.1. The van der Waals surface area contributed by atoms with E-state index in [1.54, 1.807) is 43.8 Å². The Labute approximate surface area is 255 Å². The van der Waals surface area contributed by atoms with Crippen LogP contribution in [0.2, 0.25) is 10.0 Å². The lowest BCUT2D eigenvalue weighted by molar-refractivity contribution is -0.139. The molecule has 0 radical (unpaired) electrons. The van der Waals surface area contributed by atoms with Gasteiger partial charge in [-0.1, -0.05) is 47.5 Å². The maximum Gasteiger partial charge on any atom is 0.336 e. The topological polar surface area (TPSA) is 95.1 Å². The number of carbonyl (C=O) groups excluding carboxylic acids is 2. The van der Waals surface area contributed by atoms with Crippen LogP contribution in [-0.2, 0) is 35.1 Å². The van der Waals surface area contributed by atoms with Crippen molar-refractivity contribution in [2.75, 3.05) is 52.9 Å². The first kappa shape index (κ1) is 33.0. The summed E-state index contributed by atoms with van der Waals surface area (Å²) < 4.78 is 22.0. The monoisotopic (exact) mass is 622 g/mol. The van der Waals surface area contributed by atoms with Crippen LogP contribution < -0.4 is 10.6 Å². The predicted molar refractivity (Wildman–Crippen MR) is 162 cm³/mol. The molecule has 1 heterocycles. The average molecular weight is 624 g/mol. The molecule has 0 spiro atoms. The van der Waals surface area contributed by atoms with E-state index >= 15 is 0 Å². The molecule has 8 nitrogen and oxygen atoms in total. The van der Waals surface area contributed by atoms with Gasteiger partial charge in [-0.3, -0.25) is 0 Å². The van der Waals surface area contributed by atoms with Gasteiger partial charge < -0.3 is 29.6 Å². The summed E-state index contributed by atoms with van der Waals surface area (Å²) in [5.74, 6) is -2.07. The third kappa shape index (κ3) is 8.98. The molecule has 0 fully saturated rings. The number of hydrogen-bond acceptors (Lipinski definition) is 9. The second-order valence-electron chi connectivity index (χ2n) is 9.03. The summed E-state index contributed by atoms with van der Waals surface area (Å²) in [6, 6.07) is 13.5. The van der Waals surface area contributed by atoms with Gasteiger partial charge in [-0.2, -0.15) is 0 Å². The maximum absolute atomic E-state index is 13.3. The molecule has 0 aromatic heterocycles. The van der Waals surface area contributed by atoms with E-state index in [-0.39, 0.29) is 29.4 Å². The molecule has 0 bridgehead atoms. The number of hydrogen-bond donors (Lipinski definition) is 2. The van der Waals surface area contributed by atoms with E-state index in [1.165, 1.54) is 17.6 Å². The van der Waals surface area contributed by atoms with Gasteiger partial charge in [-0.15, -0.1) is 11.8 Å². The summed E-state index contributed by atoms with van der Waals surface area (Å²) in [6.45, 7) is 6.31. The number of methoxy groups -OCH3 is 1. The molecule has 1 aliphatic heterocycles. The minimum Gasteiger partial charge on any atom is -0.466 e. The maximum atomic E-state index is 13.3. The SMILES string of the molecule is CCOC(=O)C1=C(COCCOCCNCc2ccc(SC)cc2)NC(C)=C(C(=O)OC)C1c1cccc(Cl)c1Cl. The Bertz CT molecular complexity index is 1270. The number of rotatable bonds is 15. The van der Waals surface area contributed by atoms with Crippen LogP contribution in [0.1, 0.15) is 30.9 Å². The Morgan fingerprint density at radius 1 is 1.00 bits per heavy atom.